The lowest BCUT2D eigenvalue weighted by atomic mass is 10.1. The molecule has 0 saturated heterocycles. The Morgan fingerprint density at radius 1 is 1.07 bits per heavy atom. The summed E-state index contributed by atoms with van der Waals surface area (Å²) in [5, 5.41) is 6.86. The van der Waals surface area contributed by atoms with E-state index in [0.29, 0.717) is 12.1 Å². The van der Waals surface area contributed by atoms with Crippen LogP contribution in [-0.2, 0) is 13.0 Å². The molecule has 4 aromatic rings. The number of hydrogen-bond donors (Lipinski definition) is 0. The van der Waals surface area contributed by atoms with Crippen LogP contribution in [0.4, 0.5) is 0 Å². The lowest BCUT2D eigenvalue weighted by Crippen LogP contribution is -2.27. The van der Waals surface area contributed by atoms with Gasteiger partial charge in [-0.1, -0.05) is 71.7 Å². The predicted molar refractivity (Wildman–Crippen MR) is 125 cm³/mol. The number of aromatic nitrogens is 2. The summed E-state index contributed by atoms with van der Waals surface area (Å²) in [6, 6.07) is 22.5. The Morgan fingerprint density at radius 2 is 1.87 bits per heavy atom. The van der Waals surface area contributed by atoms with Gasteiger partial charge in [0, 0.05) is 18.1 Å². The molecule has 152 valence electrons. The van der Waals surface area contributed by atoms with Gasteiger partial charge < -0.3 is 4.90 Å². The molecular weight excluding hydrogens is 438 g/mol. The van der Waals surface area contributed by atoms with Crippen molar-refractivity contribution in [2.24, 2.45) is 0 Å². The van der Waals surface area contributed by atoms with Crippen LogP contribution in [0.1, 0.15) is 35.0 Å². The molecule has 0 N–H and O–H groups in total. The van der Waals surface area contributed by atoms with E-state index in [-0.39, 0.29) is 5.91 Å². The fourth-order valence-corrected chi connectivity index (χ4v) is 4.28. The van der Waals surface area contributed by atoms with Crippen LogP contribution in [0.2, 0.25) is 0 Å². The third kappa shape index (κ3) is 4.03. The number of rotatable bonds is 6. The summed E-state index contributed by atoms with van der Waals surface area (Å²) in [7, 11) is 1.85. The van der Waals surface area contributed by atoms with Crippen molar-refractivity contribution in [1.82, 2.24) is 14.7 Å². The van der Waals surface area contributed by atoms with Crippen molar-refractivity contribution < 1.29 is 4.79 Å². The molecule has 0 saturated carbocycles. The Morgan fingerprint density at radius 3 is 2.63 bits per heavy atom. The zero-order chi connectivity index (χ0) is 21.1. The van der Waals surface area contributed by atoms with Crippen LogP contribution in [0.25, 0.3) is 16.5 Å². The molecule has 4 rings (SSSR count). The topological polar surface area (TPSA) is 38.1 Å². The summed E-state index contributed by atoms with van der Waals surface area (Å²) in [5.41, 5.74) is 3.71. The van der Waals surface area contributed by atoms with Crippen molar-refractivity contribution in [2.75, 3.05) is 7.05 Å². The monoisotopic (exact) mass is 461 g/mol. The van der Waals surface area contributed by atoms with Gasteiger partial charge in [-0.3, -0.25) is 4.79 Å². The van der Waals surface area contributed by atoms with Crippen molar-refractivity contribution in [3.05, 3.63) is 94.2 Å². The smallest absolute Gasteiger partial charge is 0.257 e. The number of benzene rings is 3. The number of nitrogens with zero attached hydrogens (tertiary/aromatic N) is 3. The first-order valence-electron chi connectivity index (χ1n) is 10.1. The molecule has 3 aromatic carbocycles. The van der Waals surface area contributed by atoms with Crippen molar-refractivity contribution in [3.63, 3.8) is 0 Å². The molecule has 4 nitrogen and oxygen atoms in total. The van der Waals surface area contributed by atoms with Crippen LogP contribution < -0.4 is 0 Å². The van der Waals surface area contributed by atoms with Gasteiger partial charge in [0.15, 0.2) is 0 Å². The maximum atomic E-state index is 13.3. The first-order valence-corrected chi connectivity index (χ1v) is 10.9. The molecule has 1 amide bonds. The summed E-state index contributed by atoms with van der Waals surface area (Å²) in [5.74, 6) is -0.00466. The van der Waals surface area contributed by atoms with Crippen molar-refractivity contribution >= 4 is 32.6 Å². The third-order valence-corrected chi connectivity index (χ3v) is 5.94. The van der Waals surface area contributed by atoms with Crippen molar-refractivity contribution in [1.29, 1.82) is 0 Å². The van der Waals surface area contributed by atoms with Gasteiger partial charge in [0.2, 0.25) is 0 Å². The van der Waals surface area contributed by atoms with Crippen LogP contribution in [-0.4, -0.2) is 27.6 Å². The lowest BCUT2D eigenvalue weighted by Gasteiger charge is -2.18. The second-order valence-electron chi connectivity index (χ2n) is 7.46. The standard InChI is InChI=1S/C25H24BrN3O/c1-3-8-24-22(16-27-29(24)20-10-5-4-6-11-20)25(30)28(2)17-18-13-14-21-19(15-18)9-7-12-23(21)26/h4-7,9-16H,3,8,17H2,1-2H3. The van der Waals surface area contributed by atoms with Gasteiger partial charge in [0.25, 0.3) is 5.91 Å². The molecular formula is C25H24BrN3O. The van der Waals surface area contributed by atoms with E-state index in [4.69, 9.17) is 0 Å². The van der Waals surface area contributed by atoms with Crippen molar-refractivity contribution in [2.45, 2.75) is 26.3 Å². The molecule has 0 radical (unpaired) electrons. The summed E-state index contributed by atoms with van der Waals surface area (Å²) in [4.78, 5) is 15.0. The second kappa shape index (κ2) is 8.84. The molecule has 0 unspecified atom stereocenters. The number of carbonyl (C=O) groups is 1. The van der Waals surface area contributed by atoms with Gasteiger partial charge in [-0.15, -0.1) is 0 Å². The Kier molecular flexibility index (Phi) is 6.00. The molecule has 1 heterocycles. The molecule has 1 aromatic heterocycles. The fourth-order valence-electron chi connectivity index (χ4n) is 3.76. The van der Waals surface area contributed by atoms with E-state index in [2.05, 4.69) is 52.2 Å². The van der Waals surface area contributed by atoms with E-state index >= 15 is 0 Å². The SMILES string of the molecule is CCCc1c(C(=O)N(C)Cc2ccc3c(Br)cccc3c2)cnn1-c1ccccc1. The third-order valence-electron chi connectivity index (χ3n) is 5.24. The first kappa shape index (κ1) is 20.4. The zero-order valence-electron chi connectivity index (χ0n) is 17.2. The summed E-state index contributed by atoms with van der Waals surface area (Å²) < 4.78 is 2.96. The molecule has 0 atom stereocenters. The molecule has 0 aliphatic rings. The minimum Gasteiger partial charge on any atom is -0.337 e. The largest absolute Gasteiger partial charge is 0.337 e. The normalized spacial score (nSPS) is 11.0. The van der Waals surface area contributed by atoms with Gasteiger partial charge in [0.05, 0.1) is 23.1 Å². The predicted octanol–water partition coefficient (Wildman–Crippen LogP) is 6.01. The van der Waals surface area contributed by atoms with Gasteiger partial charge in [-0.25, -0.2) is 4.68 Å². The molecule has 0 aliphatic carbocycles. The minimum atomic E-state index is -0.00466. The van der Waals surface area contributed by atoms with E-state index in [1.807, 2.05) is 54.2 Å². The van der Waals surface area contributed by atoms with E-state index in [1.165, 1.54) is 5.39 Å². The van der Waals surface area contributed by atoms with Gasteiger partial charge in [-0.2, -0.15) is 5.10 Å². The molecule has 0 spiro atoms. The fraction of sp³-hybridized carbons (Fsp3) is 0.200. The number of halogens is 1. The van der Waals surface area contributed by atoms with Gasteiger partial charge in [-0.05, 0) is 47.0 Å². The zero-order valence-corrected chi connectivity index (χ0v) is 18.8. The molecule has 0 aliphatic heterocycles. The lowest BCUT2D eigenvalue weighted by molar-refractivity contribution is 0.0784. The summed E-state index contributed by atoms with van der Waals surface area (Å²) >= 11 is 3.60. The van der Waals surface area contributed by atoms with Crippen LogP contribution in [0.3, 0.4) is 0 Å². The molecule has 0 fully saturated rings. The van der Waals surface area contributed by atoms with E-state index < -0.39 is 0 Å². The summed E-state index contributed by atoms with van der Waals surface area (Å²) in [6.07, 6.45) is 3.45. The quantitative estimate of drug-likeness (QED) is 0.352. The number of fused-ring (bicyclic) bond motifs is 1. The molecule has 30 heavy (non-hydrogen) atoms. The van der Waals surface area contributed by atoms with E-state index in [9.17, 15) is 4.79 Å². The van der Waals surface area contributed by atoms with Gasteiger partial charge in [0.1, 0.15) is 0 Å². The average Bonchev–Trinajstić information content (AvgIpc) is 3.18. The van der Waals surface area contributed by atoms with Crippen molar-refractivity contribution in [3.8, 4) is 5.69 Å². The Hall–Kier alpha value is -2.92. The second-order valence-corrected chi connectivity index (χ2v) is 8.31. The highest BCUT2D eigenvalue weighted by molar-refractivity contribution is 9.10. The van der Waals surface area contributed by atoms with Crippen LogP contribution in [0.15, 0.2) is 77.4 Å². The first-order chi connectivity index (χ1) is 14.6. The summed E-state index contributed by atoms with van der Waals surface area (Å²) in [6.45, 7) is 2.66. The molecule has 5 heteroatoms. The van der Waals surface area contributed by atoms with Gasteiger partial charge >= 0.3 is 0 Å². The minimum absolute atomic E-state index is 0.00466. The number of amides is 1. The Bertz CT molecular complexity index is 1180. The van der Waals surface area contributed by atoms with Crippen LogP contribution in [0.5, 0.6) is 0 Å². The maximum absolute atomic E-state index is 13.3. The Balaban J connectivity index is 1.60. The van der Waals surface area contributed by atoms with E-state index in [0.717, 1.165) is 39.6 Å². The number of hydrogen-bond acceptors (Lipinski definition) is 2. The molecule has 0 bridgehead atoms. The number of para-hydroxylation sites is 1. The highest BCUT2D eigenvalue weighted by Gasteiger charge is 2.21. The maximum Gasteiger partial charge on any atom is 0.257 e. The average molecular weight is 462 g/mol. The van der Waals surface area contributed by atoms with Crippen LogP contribution in [0, 0.1) is 0 Å². The Labute approximate surface area is 185 Å². The highest BCUT2D eigenvalue weighted by atomic mass is 79.9. The van der Waals surface area contributed by atoms with E-state index in [1.54, 1.807) is 11.1 Å². The number of carbonyl (C=O) groups excluding carboxylic acids is 1. The van der Waals surface area contributed by atoms with Crippen LogP contribution >= 0.6 is 15.9 Å². The highest BCUT2D eigenvalue weighted by Crippen LogP contribution is 2.25.